The van der Waals surface area contributed by atoms with E-state index in [9.17, 15) is 0 Å². The Morgan fingerprint density at radius 3 is 2.16 bits per heavy atom. The largest absolute Gasteiger partial charge is 0.487 e. The van der Waals surface area contributed by atoms with Gasteiger partial charge in [0.05, 0.1) is 10.0 Å². The first-order valence-electron chi connectivity index (χ1n) is 6.48. The summed E-state index contributed by atoms with van der Waals surface area (Å²) < 4.78 is 6.07. The van der Waals surface area contributed by atoms with E-state index in [0.29, 0.717) is 20.8 Å². The third-order valence-electron chi connectivity index (χ3n) is 4.44. The fourth-order valence-corrected chi connectivity index (χ4v) is 4.74. The van der Waals surface area contributed by atoms with Crippen molar-refractivity contribution in [3.8, 4) is 5.75 Å². The molecule has 0 heterocycles. The van der Waals surface area contributed by atoms with E-state index in [0.717, 1.165) is 19.3 Å². The zero-order valence-corrected chi connectivity index (χ0v) is 13.3. The van der Waals surface area contributed by atoms with E-state index in [-0.39, 0.29) is 16.9 Å². The van der Waals surface area contributed by atoms with Crippen molar-refractivity contribution in [1.29, 1.82) is 0 Å². The maximum atomic E-state index is 6.41. The molecule has 0 amide bonds. The van der Waals surface area contributed by atoms with Crippen molar-refractivity contribution in [3.05, 3.63) is 27.2 Å². The van der Waals surface area contributed by atoms with Gasteiger partial charge in [-0.1, -0.05) is 47.6 Å². The van der Waals surface area contributed by atoms with Crippen LogP contribution in [-0.2, 0) is 0 Å². The molecule has 1 aromatic carbocycles. The topological polar surface area (TPSA) is 9.23 Å². The Labute approximate surface area is 133 Å². The molecule has 1 nitrogen and oxygen atoms in total. The summed E-state index contributed by atoms with van der Waals surface area (Å²) in [5.74, 6) is 0.535. The van der Waals surface area contributed by atoms with Gasteiger partial charge in [0.1, 0.15) is 6.10 Å². The van der Waals surface area contributed by atoms with Gasteiger partial charge in [-0.15, -0.1) is 11.6 Å². The van der Waals surface area contributed by atoms with E-state index >= 15 is 0 Å². The molecule has 2 atom stereocenters. The van der Waals surface area contributed by atoms with Gasteiger partial charge in [0.15, 0.2) is 5.75 Å². The third kappa shape index (κ3) is 2.33. The minimum absolute atomic E-state index is 0.119. The second kappa shape index (κ2) is 5.18. The van der Waals surface area contributed by atoms with Crippen LogP contribution in [0, 0.1) is 5.41 Å². The smallest absolute Gasteiger partial charge is 0.157 e. The van der Waals surface area contributed by atoms with Crippen LogP contribution in [0.4, 0.5) is 0 Å². The van der Waals surface area contributed by atoms with Gasteiger partial charge in [0.25, 0.3) is 0 Å². The van der Waals surface area contributed by atoms with Crippen LogP contribution in [0.1, 0.15) is 32.1 Å². The van der Waals surface area contributed by atoms with E-state index in [2.05, 4.69) is 0 Å². The molecule has 0 aliphatic heterocycles. The highest BCUT2D eigenvalue weighted by Gasteiger charge is 2.57. The molecule has 2 saturated carbocycles. The van der Waals surface area contributed by atoms with Crippen molar-refractivity contribution in [2.45, 2.75) is 43.6 Å². The normalized spacial score (nSPS) is 28.4. The van der Waals surface area contributed by atoms with E-state index in [1.807, 2.05) is 0 Å². The standard InChI is InChI=1S/C14H14Cl4O/c15-8-5-9(16)13(10(17)6-8)19-12-7-11(18)14(12)3-1-2-4-14/h5-6,11-12H,1-4,7H2. The average molecular weight is 340 g/mol. The Balaban J connectivity index is 1.83. The monoisotopic (exact) mass is 338 g/mol. The van der Waals surface area contributed by atoms with Crippen molar-refractivity contribution in [2.24, 2.45) is 5.41 Å². The molecule has 1 aromatic rings. The maximum absolute atomic E-state index is 6.41. The molecule has 2 fully saturated rings. The predicted molar refractivity (Wildman–Crippen MR) is 81.0 cm³/mol. The van der Waals surface area contributed by atoms with Gasteiger partial charge >= 0.3 is 0 Å². The summed E-state index contributed by atoms with van der Waals surface area (Å²) in [7, 11) is 0. The minimum atomic E-state index is 0.119. The summed E-state index contributed by atoms with van der Waals surface area (Å²) in [5, 5.41) is 1.65. The van der Waals surface area contributed by atoms with Gasteiger partial charge in [-0.25, -0.2) is 0 Å². The summed E-state index contributed by atoms with van der Waals surface area (Å²) in [4.78, 5) is 0. The lowest BCUT2D eigenvalue weighted by Gasteiger charge is -2.51. The molecule has 2 unspecified atom stereocenters. The summed E-state index contributed by atoms with van der Waals surface area (Å²) in [6.45, 7) is 0. The first-order chi connectivity index (χ1) is 9.03. The highest BCUT2D eigenvalue weighted by Crippen LogP contribution is 2.57. The van der Waals surface area contributed by atoms with Gasteiger partial charge in [0, 0.05) is 22.2 Å². The molecule has 0 radical (unpaired) electrons. The van der Waals surface area contributed by atoms with E-state index < -0.39 is 0 Å². The molecular formula is C14H14Cl4O. The SMILES string of the molecule is Clc1cc(Cl)c(OC2CC(Cl)C23CCCC3)c(Cl)c1. The lowest BCUT2D eigenvalue weighted by molar-refractivity contribution is -0.0354. The Kier molecular flexibility index (Phi) is 3.85. The van der Waals surface area contributed by atoms with E-state index in [1.54, 1.807) is 12.1 Å². The number of hydrogen-bond donors (Lipinski definition) is 0. The Hall–Kier alpha value is 0.180. The second-order valence-electron chi connectivity index (χ2n) is 5.45. The maximum Gasteiger partial charge on any atom is 0.157 e. The highest BCUT2D eigenvalue weighted by atomic mass is 35.5. The number of hydrogen-bond acceptors (Lipinski definition) is 1. The molecule has 0 aromatic heterocycles. The van der Waals surface area contributed by atoms with Crippen LogP contribution in [0.25, 0.3) is 0 Å². The molecule has 3 rings (SSSR count). The first-order valence-corrected chi connectivity index (χ1v) is 8.05. The highest BCUT2D eigenvalue weighted by molar-refractivity contribution is 6.40. The van der Waals surface area contributed by atoms with Crippen LogP contribution >= 0.6 is 46.4 Å². The summed E-state index contributed by atoms with van der Waals surface area (Å²) in [6.07, 6.45) is 5.70. The van der Waals surface area contributed by atoms with E-state index in [4.69, 9.17) is 51.1 Å². The van der Waals surface area contributed by atoms with Crippen LogP contribution in [-0.4, -0.2) is 11.5 Å². The number of alkyl halides is 1. The molecule has 19 heavy (non-hydrogen) atoms. The molecular weight excluding hydrogens is 326 g/mol. The van der Waals surface area contributed by atoms with Crippen LogP contribution in [0.5, 0.6) is 5.75 Å². The fraction of sp³-hybridized carbons (Fsp3) is 0.571. The van der Waals surface area contributed by atoms with Gasteiger partial charge < -0.3 is 4.74 Å². The molecule has 0 N–H and O–H groups in total. The van der Waals surface area contributed by atoms with Crippen LogP contribution in [0.15, 0.2) is 12.1 Å². The van der Waals surface area contributed by atoms with Gasteiger partial charge in [0.2, 0.25) is 0 Å². The Morgan fingerprint density at radius 1 is 1.05 bits per heavy atom. The quantitative estimate of drug-likeness (QED) is 0.603. The average Bonchev–Trinajstić information content (AvgIpc) is 2.84. The number of ether oxygens (including phenoxy) is 1. The first kappa shape index (κ1) is 14.1. The molecule has 2 aliphatic rings. The van der Waals surface area contributed by atoms with Gasteiger partial charge in [-0.3, -0.25) is 0 Å². The van der Waals surface area contributed by atoms with Gasteiger partial charge in [-0.05, 0) is 25.0 Å². The van der Waals surface area contributed by atoms with Crippen molar-refractivity contribution in [2.75, 3.05) is 0 Å². The Morgan fingerprint density at radius 2 is 1.63 bits per heavy atom. The minimum Gasteiger partial charge on any atom is -0.487 e. The van der Waals surface area contributed by atoms with Crippen LogP contribution < -0.4 is 4.74 Å². The zero-order chi connectivity index (χ0) is 13.6. The fourth-order valence-electron chi connectivity index (χ4n) is 3.32. The number of benzene rings is 1. The van der Waals surface area contributed by atoms with Crippen molar-refractivity contribution >= 4 is 46.4 Å². The Bertz CT molecular complexity index is 473. The predicted octanol–water partition coefficient (Wildman–Crippen LogP) is 5.97. The van der Waals surface area contributed by atoms with E-state index in [1.165, 1.54) is 12.8 Å². The van der Waals surface area contributed by atoms with Gasteiger partial charge in [-0.2, -0.15) is 0 Å². The third-order valence-corrected chi connectivity index (χ3v) is 5.84. The number of rotatable bonds is 2. The summed E-state index contributed by atoms with van der Waals surface area (Å²) in [6, 6.07) is 3.31. The molecule has 5 heteroatoms. The summed E-state index contributed by atoms with van der Waals surface area (Å²) >= 11 is 24.6. The van der Waals surface area contributed by atoms with Crippen LogP contribution in [0.3, 0.4) is 0 Å². The summed E-state index contributed by atoms with van der Waals surface area (Å²) in [5.41, 5.74) is 0.119. The molecule has 0 bridgehead atoms. The van der Waals surface area contributed by atoms with Crippen molar-refractivity contribution in [3.63, 3.8) is 0 Å². The lowest BCUT2D eigenvalue weighted by Crippen LogP contribution is -2.55. The molecule has 1 spiro atoms. The molecule has 104 valence electrons. The zero-order valence-electron chi connectivity index (χ0n) is 10.3. The molecule has 2 aliphatic carbocycles. The lowest BCUT2D eigenvalue weighted by atomic mass is 9.64. The van der Waals surface area contributed by atoms with Crippen molar-refractivity contribution < 1.29 is 4.74 Å². The molecule has 0 saturated heterocycles. The number of halogens is 4. The van der Waals surface area contributed by atoms with Crippen LogP contribution in [0.2, 0.25) is 15.1 Å². The second-order valence-corrected chi connectivity index (χ2v) is 7.23. The van der Waals surface area contributed by atoms with Crippen molar-refractivity contribution in [1.82, 2.24) is 0 Å².